The summed E-state index contributed by atoms with van der Waals surface area (Å²) in [6.45, 7) is 2.54. The monoisotopic (exact) mass is 254 g/mol. The molecule has 3 aromatic rings. The Kier molecular flexibility index (Phi) is 2.75. The summed E-state index contributed by atoms with van der Waals surface area (Å²) in [6.07, 6.45) is 1.98. The molecule has 3 rings (SSSR count). The topological polar surface area (TPSA) is 30.9 Å². The van der Waals surface area contributed by atoms with Gasteiger partial charge in [0, 0.05) is 17.3 Å². The van der Waals surface area contributed by atoms with E-state index in [1.807, 2.05) is 16.8 Å². The van der Waals surface area contributed by atoms with E-state index in [1.165, 1.54) is 5.56 Å². The van der Waals surface area contributed by atoms with Crippen LogP contribution in [0.5, 0.6) is 0 Å². The lowest BCUT2D eigenvalue weighted by atomic mass is 10.1. The van der Waals surface area contributed by atoms with Crippen molar-refractivity contribution in [3.8, 4) is 0 Å². The summed E-state index contributed by atoms with van der Waals surface area (Å²) in [5.41, 5.74) is 8.72. The number of hydrogen-bond donors (Lipinski definition) is 1. The van der Waals surface area contributed by atoms with Gasteiger partial charge in [0.15, 0.2) is 5.82 Å². The second-order valence-electron chi connectivity index (χ2n) is 4.83. The first kappa shape index (κ1) is 11.8. The number of fused-ring (bicyclic) bond motifs is 1. The van der Waals surface area contributed by atoms with Gasteiger partial charge in [-0.25, -0.2) is 4.39 Å². The number of nitrogen functional groups attached to an aromatic ring is 1. The molecule has 0 radical (unpaired) electrons. The fourth-order valence-corrected chi connectivity index (χ4v) is 2.34. The fourth-order valence-electron chi connectivity index (χ4n) is 2.34. The number of aryl methyl sites for hydroxylation is 1. The molecular formula is C16H15FN2. The summed E-state index contributed by atoms with van der Waals surface area (Å²) in [6, 6.07) is 13.4. The van der Waals surface area contributed by atoms with Crippen LogP contribution in [0, 0.1) is 12.7 Å². The molecule has 0 aliphatic heterocycles. The van der Waals surface area contributed by atoms with Crippen molar-refractivity contribution in [2.75, 3.05) is 5.73 Å². The Morgan fingerprint density at radius 1 is 1.16 bits per heavy atom. The summed E-state index contributed by atoms with van der Waals surface area (Å²) in [7, 11) is 0. The van der Waals surface area contributed by atoms with Crippen molar-refractivity contribution < 1.29 is 4.39 Å². The van der Waals surface area contributed by atoms with Gasteiger partial charge in [-0.2, -0.15) is 0 Å². The van der Waals surface area contributed by atoms with Crippen molar-refractivity contribution in [1.82, 2.24) is 4.57 Å². The largest absolute Gasteiger partial charge is 0.396 e. The van der Waals surface area contributed by atoms with E-state index in [0.717, 1.165) is 10.9 Å². The average molecular weight is 254 g/mol. The summed E-state index contributed by atoms with van der Waals surface area (Å²) in [5.74, 6) is -0.322. The van der Waals surface area contributed by atoms with E-state index in [2.05, 4.69) is 25.1 Å². The van der Waals surface area contributed by atoms with Crippen LogP contribution in [0.2, 0.25) is 0 Å². The van der Waals surface area contributed by atoms with Crippen LogP contribution in [0.3, 0.4) is 0 Å². The lowest BCUT2D eigenvalue weighted by molar-refractivity contribution is 0.606. The van der Waals surface area contributed by atoms with Crippen LogP contribution in [-0.4, -0.2) is 4.57 Å². The molecule has 0 bridgehead atoms. The number of hydrogen-bond acceptors (Lipinski definition) is 1. The predicted molar refractivity (Wildman–Crippen MR) is 76.6 cm³/mol. The molecule has 0 saturated carbocycles. The summed E-state index contributed by atoms with van der Waals surface area (Å²) in [4.78, 5) is 0. The average Bonchev–Trinajstić information content (AvgIpc) is 2.78. The minimum Gasteiger partial charge on any atom is -0.396 e. The molecule has 0 fully saturated rings. The third kappa shape index (κ3) is 2.08. The van der Waals surface area contributed by atoms with Gasteiger partial charge in [0.2, 0.25) is 0 Å². The van der Waals surface area contributed by atoms with Crippen LogP contribution in [0.1, 0.15) is 11.1 Å². The van der Waals surface area contributed by atoms with Crippen LogP contribution in [-0.2, 0) is 6.54 Å². The minimum absolute atomic E-state index is 0.199. The Balaban J connectivity index is 2.06. The number of benzene rings is 2. The molecule has 0 unspecified atom stereocenters. The summed E-state index contributed by atoms with van der Waals surface area (Å²) >= 11 is 0. The van der Waals surface area contributed by atoms with Gasteiger partial charge in [-0.3, -0.25) is 0 Å². The smallest absolute Gasteiger partial charge is 0.151 e. The first-order chi connectivity index (χ1) is 9.15. The van der Waals surface area contributed by atoms with Crippen molar-refractivity contribution >= 4 is 16.6 Å². The van der Waals surface area contributed by atoms with Crippen LogP contribution in [0.15, 0.2) is 48.7 Å². The normalized spacial score (nSPS) is 11.1. The Labute approximate surface area is 111 Å². The SMILES string of the molecule is Cc1ccc2ccn(Cc3cccc(N)c3F)c2c1. The Morgan fingerprint density at radius 2 is 2.00 bits per heavy atom. The lowest BCUT2D eigenvalue weighted by Gasteiger charge is -2.08. The highest BCUT2D eigenvalue weighted by Crippen LogP contribution is 2.21. The zero-order valence-electron chi connectivity index (χ0n) is 10.7. The Hall–Kier alpha value is -2.29. The lowest BCUT2D eigenvalue weighted by Crippen LogP contribution is -2.03. The number of rotatable bonds is 2. The van der Waals surface area contributed by atoms with Crippen LogP contribution >= 0.6 is 0 Å². The van der Waals surface area contributed by atoms with Gasteiger partial charge >= 0.3 is 0 Å². The molecule has 0 aliphatic carbocycles. The molecule has 0 spiro atoms. The van der Waals surface area contributed by atoms with Gasteiger partial charge < -0.3 is 10.3 Å². The molecule has 2 N–H and O–H groups in total. The van der Waals surface area contributed by atoms with Crippen LogP contribution < -0.4 is 5.73 Å². The number of nitrogens with two attached hydrogens (primary N) is 1. The maximum atomic E-state index is 13.9. The van der Waals surface area contributed by atoms with E-state index < -0.39 is 0 Å². The third-order valence-corrected chi connectivity index (χ3v) is 3.38. The van der Waals surface area contributed by atoms with Crippen molar-refractivity contribution in [3.05, 3.63) is 65.6 Å². The van der Waals surface area contributed by atoms with E-state index in [4.69, 9.17) is 5.73 Å². The van der Waals surface area contributed by atoms with Crippen molar-refractivity contribution in [3.63, 3.8) is 0 Å². The van der Waals surface area contributed by atoms with Gasteiger partial charge in [0.25, 0.3) is 0 Å². The first-order valence-corrected chi connectivity index (χ1v) is 6.23. The fraction of sp³-hybridized carbons (Fsp3) is 0.125. The van der Waals surface area contributed by atoms with Crippen LogP contribution in [0.4, 0.5) is 10.1 Å². The molecule has 1 aromatic heterocycles. The standard InChI is InChI=1S/C16H15FN2/c1-11-5-6-12-7-8-19(15(12)9-11)10-13-3-2-4-14(18)16(13)17/h2-9H,10,18H2,1H3. The van der Waals surface area contributed by atoms with E-state index in [-0.39, 0.29) is 11.5 Å². The molecule has 2 nitrogen and oxygen atoms in total. The highest BCUT2D eigenvalue weighted by atomic mass is 19.1. The van der Waals surface area contributed by atoms with E-state index >= 15 is 0 Å². The molecular weight excluding hydrogens is 239 g/mol. The second-order valence-corrected chi connectivity index (χ2v) is 4.83. The molecule has 2 aromatic carbocycles. The number of halogens is 1. The maximum Gasteiger partial charge on any atom is 0.151 e. The zero-order valence-corrected chi connectivity index (χ0v) is 10.7. The summed E-state index contributed by atoms with van der Waals surface area (Å²) < 4.78 is 16.0. The zero-order chi connectivity index (χ0) is 13.4. The van der Waals surface area contributed by atoms with Gasteiger partial charge in [-0.1, -0.05) is 24.3 Å². The van der Waals surface area contributed by atoms with Gasteiger partial charge in [0.1, 0.15) is 0 Å². The van der Waals surface area contributed by atoms with Crippen molar-refractivity contribution in [2.24, 2.45) is 0 Å². The molecule has 3 heteroatoms. The third-order valence-electron chi connectivity index (χ3n) is 3.38. The van der Waals surface area contributed by atoms with E-state index in [1.54, 1.807) is 18.2 Å². The maximum absolute atomic E-state index is 13.9. The molecule has 1 heterocycles. The van der Waals surface area contributed by atoms with Gasteiger partial charge in [-0.15, -0.1) is 0 Å². The minimum atomic E-state index is -0.322. The number of anilines is 1. The first-order valence-electron chi connectivity index (χ1n) is 6.23. The molecule has 0 amide bonds. The number of aromatic nitrogens is 1. The van der Waals surface area contributed by atoms with Gasteiger partial charge in [-0.05, 0) is 36.1 Å². The highest BCUT2D eigenvalue weighted by molar-refractivity contribution is 5.80. The van der Waals surface area contributed by atoms with Gasteiger partial charge in [0.05, 0.1) is 12.2 Å². The van der Waals surface area contributed by atoms with E-state index in [9.17, 15) is 4.39 Å². The Morgan fingerprint density at radius 3 is 2.84 bits per heavy atom. The van der Waals surface area contributed by atoms with E-state index in [0.29, 0.717) is 12.1 Å². The summed E-state index contributed by atoms with van der Waals surface area (Å²) in [5, 5.41) is 1.16. The highest BCUT2D eigenvalue weighted by Gasteiger charge is 2.08. The van der Waals surface area contributed by atoms with Crippen molar-refractivity contribution in [2.45, 2.75) is 13.5 Å². The van der Waals surface area contributed by atoms with Crippen LogP contribution in [0.25, 0.3) is 10.9 Å². The molecule has 0 saturated heterocycles. The molecule has 96 valence electrons. The quantitative estimate of drug-likeness (QED) is 0.694. The number of nitrogens with zero attached hydrogens (tertiary/aromatic N) is 1. The molecule has 0 aliphatic rings. The molecule has 0 atom stereocenters. The van der Waals surface area contributed by atoms with Crippen molar-refractivity contribution in [1.29, 1.82) is 0 Å². The second kappa shape index (κ2) is 4.43. The Bertz CT molecular complexity index is 744. The predicted octanol–water partition coefficient (Wildman–Crippen LogP) is 3.72. The molecule has 19 heavy (non-hydrogen) atoms.